The maximum absolute atomic E-state index is 13.3. The molecule has 1 fully saturated rings. The molecule has 1 aromatic carbocycles. The third-order valence-corrected chi connectivity index (χ3v) is 4.03. The molecule has 2 rings (SSSR count). The van der Waals surface area contributed by atoms with Gasteiger partial charge in [0.1, 0.15) is 11.6 Å². The number of halogens is 1. The Morgan fingerprint density at radius 3 is 2.76 bits per heavy atom. The van der Waals surface area contributed by atoms with Crippen LogP contribution in [0.25, 0.3) is 0 Å². The minimum absolute atomic E-state index is 0.244. The number of carbonyl (C=O) groups excluding carboxylic acids is 1. The Balaban J connectivity index is 1.99. The van der Waals surface area contributed by atoms with Gasteiger partial charge in [-0.1, -0.05) is 6.92 Å². The van der Waals surface area contributed by atoms with Gasteiger partial charge in [-0.15, -0.1) is 0 Å². The quantitative estimate of drug-likeness (QED) is 0.876. The zero-order valence-corrected chi connectivity index (χ0v) is 12.7. The van der Waals surface area contributed by atoms with Crippen LogP contribution in [0, 0.1) is 5.82 Å². The summed E-state index contributed by atoms with van der Waals surface area (Å²) in [5, 5.41) is 2.90. The monoisotopic (exact) mass is 294 g/mol. The van der Waals surface area contributed by atoms with E-state index in [4.69, 9.17) is 4.74 Å². The number of rotatable bonds is 6. The van der Waals surface area contributed by atoms with Crippen LogP contribution in [0.5, 0.6) is 5.75 Å². The highest BCUT2D eigenvalue weighted by atomic mass is 19.1. The van der Waals surface area contributed by atoms with Crippen LogP contribution < -0.4 is 10.1 Å². The zero-order chi connectivity index (χ0) is 15.2. The Morgan fingerprint density at radius 2 is 2.14 bits per heavy atom. The van der Waals surface area contributed by atoms with E-state index in [1.165, 1.54) is 38.2 Å². The fraction of sp³-hybridized carbons (Fsp3) is 0.562. The molecule has 0 aliphatic carbocycles. The average Bonchev–Trinajstić information content (AvgIpc) is 3.02. The highest BCUT2D eigenvalue weighted by molar-refractivity contribution is 5.96. The van der Waals surface area contributed by atoms with Crippen molar-refractivity contribution in [2.75, 3.05) is 26.7 Å². The van der Waals surface area contributed by atoms with Crippen LogP contribution in [0.2, 0.25) is 0 Å². The molecule has 0 aromatic heterocycles. The van der Waals surface area contributed by atoms with Crippen molar-refractivity contribution in [1.29, 1.82) is 0 Å². The molecule has 1 saturated heterocycles. The van der Waals surface area contributed by atoms with E-state index in [2.05, 4.69) is 17.1 Å². The second kappa shape index (κ2) is 7.41. The molecule has 1 unspecified atom stereocenters. The van der Waals surface area contributed by atoms with Crippen molar-refractivity contribution in [2.45, 2.75) is 32.2 Å². The molecule has 4 nitrogen and oxygen atoms in total. The lowest BCUT2D eigenvalue weighted by Gasteiger charge is -2.26. The minimum atomic E-state index is -0.437. The minimum Gasteiger partial charge on any atom is -0.496 e. The Labute approximate surface area is 125 Å². The molecule has 0 bridgehead atoms. The molecule has 116 valence electrons. The van der Waals surface area contributed by atoms with E-state index in [-0.39, 0.29) is 11.5 Å². The van der Waals surface area contributed by atoms with Crippen molar-refractivity contribution >= 4 is 5.91 Å². The molecule has 1 amide bonds. The SMILES string of the molecule is CCC(CNC(=O)c1cc(F)ccc1OC)N1CCCC1. The van der Waals surface area contributed by atoms with Crippen molar-refractivity contribution < 1.29 is 13.9 Å². The number of carbonyl (C=O) groups is 1. The van der Waals surface area contributed by atoms with Gasteiger partial charge in [-0.2, -0.15) is 0 Å². The van der Waals surface area contributed by atoms with Gasteiger partial charge >= 0.3 is 0 Å². The summed E-state index contributed by atoms with van der Waals surface area (Å²) in [6.45, 7) is 4.89. The van der Waals surface area contributed by atoms with Crippen LogP contribution in [-0.2, 0) is 0 Å². The maximum atomic E-state index is 13.3. The van der Waals surface area contributed by atoms with Crippen molar-refractivity contribution in [3.05, 3.63) is 29.6 Å². The summed E-state index contributed by atoms with van der Waals surface area (Å²) in [6.07, 6.45) is 3.44. The van der Waals surface area contributed by atoms with Crippen LogP contribution in [0.3, 0.4) is 0 Å². The molecule has 1 aliphatic heterocycles. The molecule has 0 saturated carbocycles. The number of methoxy groups -OCH3 is 1. The van der Waals surface area contributed by atoms with Gasteiger partial charge in [0.15, 0.2) is 0 Å². The van der Waals surface area contributed by atoms with Crippen LogP contribution in [-0.4, -0.2) is 43.6 Å². The van der Waals surface area contributed by atoms with E-state index in [0.717, 1.165) is 19.5 Å². The summed E-state index contributed by atoms with van der Waals surface area (Å²) in [7, 11) is 1.48. The first kappa shape index (κ1) is 15.8. The molecule has 1 aromatic rings. The second-order valence-electron chi connectivity index (χ2n) is 5.36. The number of nitrogens with one attached hydrogen (secondary N) is 1. The highest BCUT2D eigenvalue weighted by Crippen LogP contribution is 2.19. The van der Waals surface area contributed by atoms with E-state index in [9.17, 15) is 9.18 Å². The molecule has 1 atom stereocenters. The summed E-state index contributed by atoms with van der Waals surface area (Å²) < 4.78 is 18.4. The predicted molar refractivity (Wildman–Crippen MR) is 80.2 cm³/mol. The van der Waals surface area contributed by atoms with E-state index < -0.39 is 5.82 Å². The molecular formula is C16H23FN2O2. The predicted octanol–water partition coefficient (Wildman–Crippen LogP) is 2.44. The number of amides is 1. The van der Waals surface area contributed by atoms with Gasteiger partial charge in [-0.05, 0) is 50.6 Å². The van der Waals surface area contributed by atoms with E-state index in [1.54, 1.807) is 0 Å². The van der Waals surface area contributed by atoms with Crippen molar-refractivity contribution in [1.82, 2.24) is 10.2 Å². The summed E-state index contributed by atoms with van der Waals surface area (Å²) in [6, 6.07) is 4.32. The van der Waals surface area contributed by atoms with Gasteiger partial charge in [0.25, 0.3) is 5.91 Å². The van der Waals surface area contributed by atoms with E-state index in [1.807, 2.05) is 0 Å². The van der Waals surface area contributed by atoms with E-state index in [0.29, 0.717) is 18.3 Å². The summed E-state index contributed by atoms with van der Waals surface area (Å²) in [5.41, 5.74) is 0.244. The van der Waals surface area contributed by atoms with Gasteiger partial charge in [-0.3, -0.25) is 9.69 Å². The lowest BCUT2D eigenvalue weighted by molar-refractivity contribution is 0.0933. The number of hydrogen-bond acceptors (Lipinski definition) is 3. The molecule has 5 heteroatoms. The lowest BCUT2D eigenvalue weighted by Crippen LogP contribution is -2.42. The first-order valence-corrected chi connectivity index (χ1v) is 7.51. The summed E-state index contributed by atoms with van der Waals surface area (Å²) in [4.78, 5) is 14.6. The summed E-state index contributed by atoms with van der Waals surface area (Å²) >= 11 is 0. The Hall–Kier alpha value is -1.62. The van der Waals surface area contributed by atoms with Crippen molar-refractivity contribution in [3.63, 3.8) is 0 Å². The average molecular weight is 294 g/mol. The highest BCUT2D eigenvalue weighted by Gasteiger charge is 2.21. The normalized spacial score (nSPS) is 16.7. The lowest BCUT2D eigenvalue weighted by atomic mass is 10.1. The standard InChI is InChI=1S/C16H23FN2O2/c1-3-13(19-8-4-5-9-19)11-18-16(20)14-10-12(17)6-7-15(14)21-2/h6-7,10,13H,3-5,8-9,11H2,1-2H3,(H,18,20). The maximum Gasteiger partial charge on any atom is 0.255 e. The van der Waals surface area contributed by atoms with Crippen LogP contribution in [0.4, 0.5) is 4.39 Å². The van der Waals surface area contributed by atoms with Crippen LogP contribution in [0.1, 0.15) is 36.5 Å². The third kappa shape index (κ3) is 3.94. The van der Waals surface area contributed by atoms with Gasteiger partial charge in [0.05, 0.1) is 12.7 Å². The zero-order valence-electron chi connectivity index (χ0n) is 12.7. The van der Waals surface area contributed by atoms with Crippen LogP contribution >= 0.6 is 0 Å². The number of ether oxygens (including phenoxy) is 1. The smallest absolute Gasteiger partial charge is 0.255 e. The topological polar surface area (TPSA) is 41.6 Å². The molecular weight excluding hydrogens is 271 g/mol. The number of nitrogens with zero attached hydrogens (tertiary/aromatic N) is 1. The molecule has 1 aliphatic rings. The van der Waals surface area contributed by atoms with Gasteiger partial charge in [0, 0.05) is 12.6 Å². The molecule has 1 N–H and O–H groups in total. The number of likely N-dealkylation sites (tertiary alicyclic amines) is 1. The van der Waals surface area contributed by atoms with Gasteiger partial charge < -0.3 is 10.1 Å². The van der Waals surface area contributed by atoms with Gasteiger partial charge in [0.2, 0.25) is 0 Å². The Bertz CT molecular complexity index is 487. The number of benzene rings is 1. The largest absolute Gasteiger partial charge is 0.496 e. The van der Waals surface area contributed by atoms with Crippen molar-refractivity contribution in [3.8, 4) is 5.75 Å². The first-order chi connectivity index (χ1) is 10.2. The second-order valence-corrected chi connectivity index (χ2v) is 5.36. The molecule has 1 heterocycles. The van der Waals surface area contributed by atoms with Gasteiger partial charge in [-0.25, -0.2) is 4.39 Å². The Morgan fingerprint density at radius 1 is 1.43 bits per heavy atom. The molecule has 0 spiro atoms. The third-order valence-electron chi connectivity index (χ3n) is 4.03. The fourth-order valence-corrected chi connectivity index (χ4v) is 2.80. The first-order valence-electron chi connectivity index (χ1n) is 7.51. The fourth-order valence-electron chi connectivity index (χ4n) is 2.80. The van der Waals surface area contributed by atoms with Crippen LogP contribution in [0.15, 0.2) is 18.2 Å². The molecule has 21 heavy (non-hydrogen) atoms. The Kier molecular flexibility index (Phi) is 5.56. The molecule has 0 radical (unpaired) electrons. The summed E-state index contributed by atoms with van der Waals surface area (Å²) in [5.74, 6) is -0.334. The van der Waals surface area contributed by atoms with E-state index >= 15 is 0 Å². The number of hydrogen-bond donors (Lipinski definition) is 1. The van der Waals surface area contributed by atoms with Crippen molar-refractivity contribution in [2.24, 2.45) is 0 Å².